The smallest absolute Gasteiger partial charge is 0.0709 e. The van der Waals surface area contributed by atoms with Crippen LogP contribution < -0.4 is 5.73 Å². The summed E-state index contributed by atoms with van der Waals surface area (Å²) < 4.78 is 5.66. The highest BCUT2D eigenvalue weighted by atomic mass is 16.5. The highest BCUT2D eigenvalue weighted by molar-refractivity contribution is 4.79. The van der Waals surface area contributed by atoms with Crippen molar-refractivity contribution < 1.29 is 4.74 Å². The van der Waals surface area contributed by atoms with E-state index in [1.165, 1.54) is 32.2 Å². The van der Waals surface area contributed by atoms with E-state index in [0.29, 0.717) is 6.54 Å². The summed E-state index contributed by atoms with van der Waals surface area (Å²) in [6.45, 7) is 10.4. The molecule has 0 bridgehead atoms. The summed E-state index contributed by atoms with van der Waals surface area (Å²) in [6.07, 6.45) is 6.90. The molecule has 108 valence electrons. The molecule has 18 heavy (non-hydrogen) atoms. The Balaban J connectivity index is 2.39. The molecule has 3 heteroatoms. The predicted octanol–water partition coefficient (Wildman–Crippen LogP) is 2.64. The molecule has 0 amide bonds. The van der Waals surface area contributed by atoms with Crippen molar-refractivity contribution in [1.82, 2.24) is 4.90 Å². The van der Waals surface area contributed by atoms with Crippen molar-refractivity contribution in [1.29, 1.82) is 0 Å². The Bertz CT molecular complexity index is 203. The van der Waals surface area contributed by atoms with Crippen molar-refractivity contribution in [2.45, 2.75) is 65.0 Å². The molecule has 1 aliphatic rings. The largest absolute Gasteiger partial charge is 0.377 e. The van der Waals surface area contributed by atoms with Gasteiger partial charge in [0.1, 0.15) is 0 Å². The first-order valence-corrected chi connectivity index (χ1v) is 7.73. The van der Waals surface area contributed by atoms with E-state index in [0.717, 1.165) is 31.5 Å². The van der Waals surface area contributed by atoms with E-state index in [-0.39, 0.29) is 6.10 Å². The van der Waals surface area contributed by atoms with Crippen LogP contribution >= 0.6 is 0 Å². The fourth-order valence-electron chi connectivity index (χ4n) is 2.98. The molecule has 0 radical (unpaired) electrons. The minimum atomic E-state index is 0.242. The van der Waals surface area contributed by atoms with Crippen LogP contribution in [0, 0.1) is 5.92 Å². The zero-order valence-corrected chi connectivity index (χ0v) is 12.5. The number of ether oxygens (including phenoxy) is 1. The van der Waals surface area contributed by atoms with Gasteiger partial charge >= 0.3 is 0 Å². The first kappa shape index (κ1) is 15.9. The van der Waals surface area contributed by atoms with Crippen LogP contribution in [0.25, 0.3) is 0 Å². The molecule has 1 unspecified atom stereocenters. The summed E-state index contributed by atoms with van der Waals surface area (Å²) in [7, 11) is 0. The van der Waals surface area contributed by atoms with E-state index in [4.69, 9.17) is 10.5 Å². The van der Waals surface area contributed by atoms with Crippen LogP contribution in [-0.2, 0) is 4.74 Å². The van der Waals surface area contributed by atoms with Gasteiger partial charge in [0.15, 0.2) is 0 Å². The summed E-state index contributed by atoms with van der Waals surface area (Å²) in [5.74, 6) is 0.744. The third kappa shape index (κ3) is 5.68. The van der Waals surface area contributed by atoms with Gasteiger partial charge < -0.3 is 15.4 Å². The van der Waals surface area contributed by atoms with Crippen LogP contribution in [-0.4, -0.2) is 43.3 Å². The molecule has 0 aromatic carbocycles. The second-order valence-corrected chi connectivity index (χ2v) is 5.93. The second kappa shape index (κ2) is 8.89. The summed E-state index contributed by atoms with van der Waals surface area (Å²) in [5.41, 5.74) is 5.76. The third-order valence-corrected chi connectivity index (χ3v) is 3.84. The predicted molar refractivity (Wildman–Crippen MR) is 77.8 cm³/mol. The van der Waals surface area contributed by atoms with Crippen LogP contribution in [0.1, 0.15) is 52.9 Å². The maximum absolute atomic E-state index is 5.76. The lowest BCUT2D eigenvalue weighted by molar-refractivity contribution is 0.0480. The van der Waals surface area contributed by atoms with Crippen LogP contribution in [0.5, 0.6) is 0 Å². The van der Waals surface area contributed by atoms with Crippen LogP contribution in [0.2, 0.25) is 0 Å². The van der Waals surface area contributed by atoms with Gasteiger partial charge in [-0.15, -0.1) is 0 Å². The maximum Gasteiger partial charge on any atom is 0.0709 e. The molecule has 1 rings (SSSR count). The minimum Gasteiger partial charge on any atom is -0.377 e. The van der Waals surface area contributed by atoms with Gasteiger partial charge in [-0.05, 0) is 32.1 Å². The highest BCUT2D eigenvalue weighted by Crippen LogP contribution is 2.24. The summed E-state index contributed by atoms with van der Waals surface area (Å²) in [4.78, 5) is 2.68. The van der Waals surface area contributed by atoms with Crippen LogP contribution in [0.3, 0.4) is 0 Å². The van der Waals surface area contributed by atoms with Crippen LogP contribution in [0.4, 0.5) is 0 Å². The van der Waals surface area contributed by atoms with E-state index in [1.54, 1.807) is 0 Å². The molecule has 1 aliphatic carbocycles. The lowest BCUT2D eigenvalue weighted by Crippen LogP contribution is -2.39. The zero-order chi connectivity index (χ0) is 13.4. The lowest BCUT2D eigenvalue weighted by Gasteiger charge is -2.31. The van der Waals surface area contributed by atoms with E-state index in [2.05, 4.69) is 18.7 Å². The first-order chi connectivity index (χ1) is 8.67. The minimum absolute atomic E-state index is 0.242. The van der Waals surface area contributed by atoms with E-state index < -0.39 is 0 Å². The number of rotatable bonds is 9. The molecule has 0 aliphatic heterocycles. The van der Waals surface area contributed by atoms with Crippen molar-refractivity contribution in [3.05, 3.63) is 0 Å². The zero-order valence-electron chi connectivity index (χ0n) is 12.5. The fraction of sp³-hybridized carbons (Fsp3) is 1.00. The maximum atomic E-state index is 5.76. The molecule has 0 saturated heterocycles. The summed E-state index contributed by atoms with van der Waals surface area (Å²) in [6, 6.07) is 0.812. The number of hydrogen-bond acceptors (Lipinski definition) is 3. The summed E-state index contributed by atoms with van der Waals surface area (Å²) >= 11 is 0. The molecule has 3 nitrogen and oxygen atoms in total. The lowest BCUT2D eigenvalue weighted by atomic mass is 10.1. The fourth-order valence-corrected chi connectivity index (χ4v) is 2.98. The Morgan fingerprint density at radius 1 is 1.28 bits per heavy atom. The standard InChI is InChI=1S/C15H32N2O/c1-4-18-15(11-16)9-10-17(12-13(2)3)14-7-5-6-8-14/h13-15H,4-12,16H2,1-3H3. The quantitative estimate of drug-likeness (QED) is 0.689. The molecule has 1 saturated carbocycles. The third-order valence-electron chi connectivity index (χ3n) is 3.84. The molecular formula is C15H32N2O. The Hall–Kier alpha value is -0.120. The van der Waals surface area contributed by atoms with E-state index in [1.807, 2.05) is 6.92 Å². The van der Waals surface area contributed by atoms with Gasteiger partial charge in [0.2, 0.25) is 0 Å². The Labute approximate surface area is 113 Å². The monoisotopic (exact) mass is 256 g/mol. The van der Waals surface area contributed by atoms with Crippen LogP contribution in [0.15, 0.2) is 0 Å². The summed E-state index contributed by atoms with van der Waals surface area (Å²) in [5, 5.41) is 0. The molecule has 0 spiro atoms. The van der Waals surface area contributed by atoms with Gasteiger partial charge in [-0.2, -0.15) is 0 Å². The molecule has 0 heterocycles. The van der Waals surface area contributed by atoms with Gasteiger partial charge in [-0.25, -0.2) is 0 Å². The van der Waals surface area contributed by atoms with Gasteiger partial charge in [-0.3, -0.25) is 0 Å². The van der Waals surface area contributed by atoms with Gasteiger partial charge in [0.05, 0.1) is 6.10 Å². The topological polar surface area (TPSA) is 38.5 Å². The van der Waals surface area contributed by atoms with Crippen molar-refractivity contribution in [2.75, 3.05) is 26.2 Å². The van der Waals surface area contributed by atoms with Crippen molar-refractivity contribution in [3.63, 3.8) is 0 Å². The first-order valence-electron chi connectivity index (χ1n) is 7.73. The SMILES string of the molecule is CCOC(CN)CCN(CC(C)C)C1CCCC1. The van der Waals surface area contributed by atoms with Crippen molar-refractivity contribution in [2.24, 2.45) is 11.7 Å². The highest BCUT2D eigenvalue weighted by Gasteiger charge is 2.23. The number of nitrogens with two attached hydrogens (primary N) is 1. The average Bonchev–Trinajstić information content (AvgIpc) is 2.85. The average molecular weight is 256 g/mol. The van der Waals surface area contributed by atoms with E-state index in [9.17, 15) is 0 Å². The molecular weight excluding hydrogens is 224 g/mol. The van der Waals surface area contributed by atoms with Gasteiger partial charge in [0.25, 0.3) is 0 Å². The molecule has 1 atom stereocenters. The van der Waals surface area contributed by atoms with E-state index >= 15 is 0 Å². The van der Waals surface area contributed by atoms with Crippen molar-refractivity contribution in [3.8, 4) is 0 Å². The van der Waals surface area contributed by atoms with Gasteiger partial charge in [0, 0.05) is 32.3 Å². The van der Waals surface area contributed by atoms with Gasteiger partial charge in [-0.1, -0.05) is 26.7 Å². The molecule has 0 aromatic heterocycles. The van der Waals surface area contributed by atoms with Crippen molar-refractivity contribution >= 4 is 0 Å². The number of hydrogen-bond donors (Lipinski definition) is 1. The second-order valence-electron chi connectivity index (χ2n) is 5.93. The molecule has 1 fully saturated rings. The Morgan fingerprint density at radius 3 is 2.44 bits per heavy atom. The Morgan fingerprint density at radius 2 is 1.94 bits per heavy atom. The molecule has 2 N–H and O–H groups in total. The molecule has 0 aromatic rings. The number of nitrogens with zero attached hydrogens (tertiary/aromatic N) is 1. The normalized spacial score (nSPS) is 19.0. The Kier molecular flexibility index (Phi) is 7.87.